The molecule has 0 aromatic carbocycles. The van der Waals surface area contributed by atoms with Crippen LogP contribution in [0.2, 0.25) is 0 Å². The molecular formula is C13H22N2O3. The maximum atomic E-state index is 11.9. The van der Waals surface area contributed by atoms with E-state index in [9.17, 15) is 9.59 Å². The first-order valence-corrected chi connectivity index (χ1v) is 6.92. The van der Waals surface area contributed by atoms with Gasteiger partial charge < -0.3 is 15.7 Å². The van der Waals surface area contributed by atoms with Gasteiger partial charge in [-0.3, -0.25) is 9.59 Å². The van der Waals surface area contributed by atoms with Crippen LogP contribution < -0.4 is 10.6 Å². The van der Waals surface area contributed by atoms with Crippen molar-refractivity contribution in [1.82, 2.24) is 10.6 Å². The van der Waals surface area contributed by atoms with E-state index in [1.165, 1.54) is 0 Å². The van der Waals surface area contributed by atoms with Crippen molar-refractivity contribution in [3.05, 3.63) is 0 Å². The summed E-state index contributed by atoms with van der Waals surface area (Å²) in [5.41, 5.74) is 0. The molecule has 18 heavy (non-hydrogen) atoms. The Balaban J connectivity index is 1.82. The summed E-state index contributed by atoms with van der Waals surface area (Å²) >= 11 is 0. The Morgan fingerprint density at radius 3 is 2.61 bits per heavy atom. The molecule has 1 aliphatic carbocycles. The highest BCUT2D eigenvalue weighted by molar-refractivity contribution is 5.78. The molecule has 0 spiro atoms. The van der Waals surface area contributed by atoms with Crippen molar-refractivity contribution in [2.75, 3.05) is 6.54 Å². The average Bonchev–Trinajstić information content (AvgIpc) is 2.82. The van der Waals surface area contributed by atoms with Gasteiger partial charge in [0, 0.05) is 18.5 Å². The van der Waals surface area contributed by atoms with Crippen molar-refractivity contribution in [1.29, 1.82) is 0 Å². The number of carboxylic acids is 1. The predicted octanol–water partition coefficient (Wildman–Crippen LogP) is 0.888. The summed E-state index contributed by atoms with van der Waals surface area (Å²) < 4.78 is 0. The molecule has 1 amide bonds. The van der Waals surface area contributed by atoms with E-state index in [1.54, 1.807) is 0 Å². The lowest BCUT2D eigenvalue weighted by atomic mass is 9.84. The third kappa shape index (κ3) is 3.45. The molecule has 1 saturated heterocycles. The van der Waals surface area contributed by atoms with Crippen LogP contribution >= 0.6 is 0 Å². The molecule has 5 heteroatoms. The highest BCUT2D eigenvalue weighted by atomic mass is 16.4. The van der Waals surface area contributed by atoms with Crippen molar-refractivity contribution >= 4 is 11.9 Å². The molecule has 2 rings (SSSR count). The number of carbonyl (C=O) groups excluding carboxylic acids is 1. The summed E-state index contributed by atoms with van der Waals surface area (Å²) in [5, 5.41) is 15.3. The summed E-state index contributed by atoms with van der Waals surface area (Å²) in [6.07, 6.45) is 6.08. The van der Waals surface area contributed by atoms with Gasteiger partial charge in [-0.05, 0) is 32.2 Å². The molecule has 3 atom stereocenters. The fourth-order valence-corrected chi connectivity index (χ4v) is 3.02. The molecule has 1 heterocycles. The first-order valence-electron chi connectivity index (χ1n) is 6.92. The monoisotopic (exact) mass is 254 g/mol. The molecule has 102 valence electrons. The number of carbonyl (C=O) groups is 2. The van der Waals surface area contributed by atoms with E-state index in [4.69, 9.17) is 5.11 Å². The molecular weight excluding hydrogens is 232 g/mol. The number of aliphatic carboxylic acids is 1. The third-order valence-electron chi connectivity index (χ3n) is 4.02. The first kappa shape index (κ1) is 13.3. The minimum atomic E-state index is -0.779. The molecule has 1 saturated carbocycles. The van der Waals surface area contributed by atoms with Crippen LogP contribution in [0.4, 0.5) is 0 Å². The van der Waals surface area contributed by atoms with Crippen LogP contribution in [-0.2, 0) is 9.59 Å². The summed E-state index contributed by atoms with van der Waals surface area (Å²) in [6, 6.07) is 0.0991. The molecule has 0 aromatic heterocycles. The van der Waals surface area contributed by atoms with Gasteiger partial charge >= 0.3 is 5.97 Å². The van der Waals surface area contributed by atoms with Crippen LogP contribution in [0.5, 0.6) is 0 Å². The average molecular weight is 254 g/mol. The minimum absolute atomic E-state index is 0.00690. The third-order valence-corrected chi connectivity index (χ3v) is 4.02. The van der Waals surface area contributed by atoms with E-state index in [2.05, 4.69) is 10.6 Å². The fourth-order valence-electron chi connectivity index (χ4n) is 3.02. The Morgan fingerprint density at radius 1 is 1.17 bits per heavy atom. The highest BCUT2D eigenvalue weighted by Gasteiger charge is 2.32. The van der Waals surface area contributed by atoms with Crippen molar-refractivity contribution in [3.63, 3.8) is 0 Å². The van der Waals surface area contributed by atoms with E-state index in [-0.39, 0.29) is 18.0 Å². The van der Waals surface area contributed by atoms with Crippen molar-refractivity contribution in [2.45, 2.75) is 57.0 Å². The van der Waals surface area contributed by atoms with Gasteiger partial charge in [-0.25, -0.2) is 0 Å². The SMILES string of the molecule is O=C(CC1CCCN1)NC1CCCCC1C(=O)O. The minimum Gasteiger partial charge on any atom is -0.481 e. The zero-order valence-electron chi connectivity index (χ0n) is 10.7. The second-order valence-electron chi connectivity index (χ2n) is 5.40. The number of nitrogens with one attached hydrogen (secondary N) is 2. The van der Waals surface area contributed by atoms with Gasteiger partial charge in [-0.1, -0.05) is 12.8 Å². The zero-order valence-corrected chi connectivity index (χ0v) is 10.7. The van der Waals surface area contributed by atoms with Gasteiger partial charge in [0.25, 0.3) is 0 Å². The van der Waals surface area contributed by atoms with Gasteiger partial charge in [-0.15, -0.1) is 0 Å². The van der Waals surface area contributed by atoms with Gasteiger partial charge in [-0.2, -0.15) is 0 Å². The molecule has 0 aromatic rings. The van der Waals surface area contributed by atoms with Gasteiger partial charge in [0.2, 0.25) is 5.91 Å². The highest BCUT2D eigenvalue weighted by Crippen LogP contribution is 2.24. The molecule has 5 nitrogen and oxygen atoms in total. The quantitative estimate of drug-likeness (QED) is 0.696. The first-order chi connectivity index (χ1) is 8.66. The van der Waals surface area contributed by atoms with Crippen molar-refractivity contribution in [2.24, 2.45) is 5.92 Å². The van der Waals surface area contributed by atoms with Crippen molar-refractivity contribution in [3.8, 4) is 0 Å². The van der Waals surface area contributed by atoms with Crippen LogP contribution in [0, 0.1) is 5.92 Å². The summed E-state index contributed by atoms with van der Waals surface area (Å²) in [6.45, 7) is 0.985. The molecule has 2 aliphatic rings. The molecule has 2 fully saturated rings. The normalized spacial score (nSPS) is 32.1. The lowest BCUT2D eigenvalue weighted by Crippen LogP contribution is -2.46. The summed E-state index contributed by atoms with van der Waals surface area (Å²) in [5.74, 6) is -1.19. The standard InChI is InChI=1S/C13H22N2O3/c16-12(8-9-4-3-7-14-9)15-11-6-2-1-5-10(11)13(17)18/h9-11,14H,1-8H2,(H,15,16)(H,17,18). The lowest BCUT2D eigenvalue weighted by molar-refractivity contribution is -0.144. The van der Waals surface area contributed by atoms with Crippen LogP contribution in [0.1, 0.15) is 44.9 Å². The topological polar surface area (TPSA) is 78.4 Å². The van der Waals surface area contributed by atoms with Gasteiger partial charge in [0.15, 0.2) is 0 Å². The van der Waals surface area contributed by atoms with E-state index >= 15 is 0 Å². The van der Waals surface area contributed by atoms with E-state index < -0.39 is 11.9 Å². The molecule has 3 N–H and O–H groups in total. The van der Waals surface area contributed by atoms with Gasteiger partial charge in [0.05, 0.1) is 5.92 Å². The van der Waals surface area contributed by atoms with Crippen LogP contribution in [0.3, 0.4) is 0 Å². The number of carboxylic acid groups (broad SMARTS) is 1. The smallest absolute Gasteiger partial charge is 0.308 e. The van der Waals surface area contributed by atoms with Crippen LogP contribution in [-0.4, -0.2) is 35.6 Å². The Labute approximate surface area is 107 Å². The van der Waals surface area contributed by atoms with E-state index in [1.807, 2.05) is 0 Å². The number of rotatable bonds is 4. The molecule has 0 bridgehead atoms. The Bertz CT molecular complexity index is 313. The van der Waals surface area contributed by atoms with E-state index in [0.29, 0.717) is 12.8 Å². The van der Waals surface area contributed by atoms with Crippen LogP contribution in [0.25, 0.3) is 0 Å². The second kappa shape index (κ2) is 6.18. The largest absolute Gasteiger partial charge is 0.481 e. The number of amides is 1. The Hall–Kier alpha value is -1.10. The van der Waals surface area contributed by atoms with E-state index in [0.717, 1.165) is 38.6 Å². The second-order valence-corrected chi connectivity index (χ2v) is 5.40. The Kier molecular flexibility index (Phi) is 4.58. The molecule has 3 unspecified atom stereocenters. The van der Waals surface area contributed by atoms with Crippen molar-refractivity contribution < 1.29 is 14.7 Å². The fraction of sp³-hybridized carbons (Fsp3) is 0.846. The predicted molar refractivity (Wildman–Crippen MR) is 67.2 cm³/mol. The van der Waals surface area contributed by atoms with Gasteiger partial charge in [0.1, 0.15) is 0 Å². The maximum absolute atomic E-state index is 11.9. The maximum Gasteiger partial charge on any atom is 0.308 e. The summed E-state index contributed by atoms with van der Waals surface area (Å²) in [4.78, 5) is 23.0. The summed E-state index contributed by atoms with van der Waals surface area (Å²) in [7, 11) is 0. The molecule has 1 aliphatic heterocycles. The zero-order chi connectivity index (χ0) is 13.0. The lowest BCUT2D eigenvalue weighted by Gasteiger charge is -2.29. The molecule has 0 radical (unpaired) electrons. The van der Waals surface area contributed by atoms with Crippen LogP contribution in [0.15, 0.2) is 0 Å². The number of hydrogen-bond donors (Lipinski definition) is 3. The number of hydrogen-bond acceptors (Lipinski definition) is 3. The Morgan fingerprint density at radius 2 is 1.94 bits per heavy atom.